The van der Waals surface area contributed by atoms with Gasteiger partial charge in [0.1, 0.15) is 0 Å². The van der Waals surface area contributed by atoms with Gasteiger partial charge >= 0.3 is 0 Å². The molecule has 1 atom stereocenters. The number of carbonyl (C=O) groups excluding carboxylic acids is 1. The zero-order valence-corrected chi connectivity index (χ0v) is 10.6. The molecule has 84 valence electrons. The van der Waals surface area contributed by atoms with E-state index in [2.05, 4.69) is 13.8 Å². The van der Waals surface area contributed by atoms with Gasteiger partial charge < -0.3 is 4.90 Å². The molecule has 0 heterocycles. The standard InChI is InChI=1S/C11H22ClNO/c1-8(2)10(5)11(14)13(7-6-12)9(3)4/h8-10H,6-7H2,1-5H3. The fourth-order valence-electron chi connectivity index (χ4n) is 1.26. The first-order valence-electron chi connectivity index (χ1n) is 5.28. The average molecular weight is 220 g/mol. The summed E-state index contributed by atoms with van der Waals surface area (Å²) in [5, 5.41) is 0. The van der Waals surface area contributed by atoms with Crippen molar-refractivity contribution in [2.24, 2.45) is 11.8 Å². The first kappa shape index (κ1) is 13.8. The van der Waals surface area contributed by atoms with E-state index in [1.807, 2.05) is 25.7 Å². The third-order valence-electron chi connectivity index (χ3n) is 2.62. The predicted octanol–water partition coefficient (Wildman–Crippen LogP) is 2.75. The van der Waals surface area contributed by atoms with E-state index < -0.39 is 0 Å². The number of carbonyl (C=O) groups is 1. The van der Waals surface area contributed by atoms with Crippen molar-refractivity contribution in [2.75, 3.05) is 12.4 Å². The highest BCUT2D eigenvalue weighted by molar-refractivity contribution is 6.18. The molecule has 3 heteroatoms. The number of halogens is 1. The van der Waals surface area contributed by atoms with Crippen molar-refractivity contribution in [1.29, 1.82) is 0 Å². The van der Waals surface area contributed by atoms with Crippen LogP contribution in [0.25, 0.3) is 0 Å². The minimum absolute atomic E-state index is 0.0839. The second-order valence-electron chi connectivity index (χ2n) is 4.35. The van der Waals surface area contributed by atoms with Gasteiger partial charge in [0.25, 0.3) is 0 Å². The van der Waals surface area contributed by atoms with E-state index in [9.17, 15) is 4.79 Å². The lowest BCUT2D eigenvalue weighted by molar-refractivity contribution is -0.137. The zero-order chi connectivity index (χ0) is 11.3. The number of amides is 1. The molecule has 0 aromatic rings. The molecule has 0 spiro atoms. The Morgan fingerprint density at radius 2 is 1.71 bits per heavy atom. The van der Waals surface area contributed by atoms with Gasteiger partial charge in [-0.05, 0) is 19.8 Å². The number of hydrogen-bond acceptors (Lipinski definition) is 1. The van der Waals surface area contributed by atoms with Crippen LogP contribution >= 0.6 is 11.6 Å². The minimum atomic E-state index is 0.0839. The fraction of sp³-hybridized carbons (Fsp3) is 0.909. The van der Waals surface area contributed by atoms with Crippen LogP contribution in [0.1, 0.15) is 34.6 Å². The summed E-state index contributed by atoms with van der Waals surface area (Å²) in [6.45, 7) is 10.8. The summed E-state index contributed by atoms with van der Waals surface area (Å²) in [6.07, 6.45) is 0. The molecule has 0 aliphatic rings. The second kappa shape index (κ2) is 6.28. The van der Waals surface area contributed by atoms with Gasteiger partial charge in [0.05, 0.1) is 0 Å². The van der Waals surface area contributed by atoms with Crippen LogP contribution in [0.4, 0.5) is 0 Å². The highest BCUT2D eigenvalue weighted by Crippen LogP contribution is 2.15. The maximum atomic E-state index is 12.0. The largest absolute Gasteiger partial charge is 0.339 e. The van der Waals surface area contributed by atoms with Crippen molar-refractivity contribution in [3.05, 3.63) is 0 Å². The molecule has 1 amide bonds. The van der Waals surface area contributed by atoms with Gasteiger partial charge in [-0.25, -0.2) is 0 Å². The van der Waals surface area contributed by atoms with Gasteiger partial charge in [-0.1, -0.05) is 20.8 Å². The van der Waals surface area contributed by atoms with E-state index in [1.54, 1.807) is 0 Å². The normalized spacial score (nSPS) is 13.4. The monoisotopic (exact) mass is 219 g/mol. The molecular formula is C11H22ClNO. The van der Waals surface area contributed by atoms with Crippen LogP contribution in [-0.4, -0.2) is 29.3 Å². The minimum Gasteiger partial charge on any atom is -0.339 e. The predicted molar refractivity (Wildman–Crippen MR) is 61.6 cm³/mol. The van der Waals surface area contributed by atoms with Crippen LogP contribution in [0.2, 0.25) is 0 Å². The van der Waals surface area contributed by atoms with Gasteiger partial charge in [0.15, 0.2) is 0 Å². The van der Waals surface area contributed by atoms with E-state index in [1.165, 1.54) is 0 Å². The third-order valence-corrected chi connectivity index (χ3v) is 2.79. The van der Waals surface area contributed by atoms with Crippen molar-refractivity contribution in [2.45, 2.75) is 40.7 Å². The molecule has 0 saturated heterocycles. The Morgan fingerprint density at radius 3 is 2.00 bits per heavy atom. The summed E-state index contributed by atoms with van der Waals surface area (Å²) in [5.74, 6) is 1.20. The van der Waals surface area contributed by atoms with Crippen LogP contribution in [0.3, 0.4) is 0 Å². The van der Waals surface area contributed by atoms with Crippen molar-refractivity contribution >= 4 is 17.5 Å². The second-order valence-corrected chi connectivity index (χ2v) is 4.73. The highest BCUT2D eigenvalue weighted by atomic mass is 35.5. The fourth-order valence-corrected chi connectivity index (χ4v) is 1.44. The summed E-state index contributed by atoms with van der Waals surface area (Å²) >= 11 is 5.67. The Hall–Kier alpha value is -0.240. The van der Waals surface area contributed by atoms with Crippen molar-refractivity contribution in [3.63, 3.8) is 0 Å². The third kappa shape index (κ3) is 3.87. The molecule has 0 rings (SSSR count). The SMILES string of the molecule is CC(C)C(C)C(=O)N(CCCl)C(C)C. The maximum absolute atomic E-state index is 12.0. The molecule has 0 bridgehead atoms. The molecule has 14 heavy (non-hydrogen) atoms. The van der Waals surface area contributed by atoms with E-state index >= 15 is 0 Å². The Labute approximate surface area is 92.6 Å². The van der Waals surface area contributed by atoms with Crippen molar-refractivity contribution in [1.82, 2.24) is 4.90 Å². The Morgan fingerprint density at radius 1 is 1.21 bits per heavy atom. The van der Waals surface area contributed by atoms with Crippen molar-refractivity contribution in [3.8, 4) is 0 Å². The van der Waals surface area contributed by atoms with Gasteiger partial charge in [0, 0.05) is 24.4 Å². The molecule has 0 aromatic heterocycles. The van der Waals surface area contributed by atoms with Crippen LogP contribution in [0.5, 0.6) is 0 Å². The summed E-state index contributed by atoms with van der Waals surface area (Å²) < 4.78 is 0. The molecule has 0 N–H and O–H groups in total. The number of rotatable bonds is 5. The lowest BCUT2D eigenvalue weighted by Crippen LogP contribution is -2.42. The molecule has 0 fully saturated rings. The smallest absolute Gasteiger partial charge is 0.225 e. The summed E-state index contributed by atoms with van der Waals surface area (Å²) in [5.41, 5.74) is 0. The Bertz CT molecular complexity index is 180. The molecule has 0 saturated carbocycles. The van der Waals surface area contributed by atoms with Crippen LogP contribution in [0.15, 0.2) is 0 Å². The molecule has 0 aliphatic heterocycles. The van der Waals surface area contributed by atoms with Crippen molar-refractivity contribution < 1.29 is 4.79 Å². The van der Waals surface area contributed by atoms with E-state index in [0.29, 0.717) is 18.3 Å². The number of alkyl halides is 1. The van der Waals surface area contributed by atoms with Crippen LogP contribution in [-0.2, 0) is 4.79 Å². The quantitative estimate of drug-likeness (QED) is 0.652. The van der Waals surface area contributed by atoms with Crippen LogP contribution < -0.4 is 0 Å². The van der Waals surface area contributed by atoms with Crippen LogP contribution in [0, 0.1) is 11.8 Å². The molecule has 1 unspecified atom stereocenters. The van der Waals surface area contributed by atoms with Gasteiger partial charge in [-0.3, -0.25) is 4.79 Å². The van der Waals surface area contributed by atoms with E-state index in [4.69, 9.17) is 11.6 Å². The zero-order valence-electron chi connectivity index (χ0n) is 9.88. The molecule has 0 aromatic carbocycles. The van der Waals surface area contributed by atoms with Gasteiger partial charge in [-0.15, -0.1) is 11.6 Å². The molecule has 0 aliphatic carbocycles. The molecular weight excluding hydrogens is 198 g/mol. The average Bonchev–Trinajstić information content (AvgIpc) is 2.11. The van der Waals surface area contributed by atoms with E-state index in [-0.39, 0.29) is 17.9 Å². The summed E-state index contributed by atoms with van der Waals surface area (Å²) in [6, 6.07) is 0.238. The van der Waals surface area contributed by atoms with Gasteiger partial charge in [0.2, 0.25) is 5.91 Å². The lowest BCUT2D eigenvalue weighted by Gasteiger charge is -2.30. The Balaban J connectivity index is 4.43. The highest BCUT2D eigenvalue weighted by Gasteiger charge is 2.24. The van der Waals surface area contributed by atoms with Gasteiger partial charge in [-0.2, -0.15) is 0 Å². The first-order chi connectivity index (χ1) is 6.41. The Kier molecular flexibility index (Phi) is 6.17. The summed E-state index contributed by atoms with van der Waals surface area (Å²) in [4.78, 5) is 13.8. The molecule has 0 radical (unpaired) electrons. The number of hydrogen-bond donors (Lipinski definition) is 0. The topological polar surface area (TPSA) is 20.3 Å². The lowest BCUT2D eigenvalue weighted by atomic mass is 9.96. The van der Waals surface area contributed by atoms with E-state index in [0.717, 1.165) is 0 Å². The summed E-state index contributed by atoms with van der Waals surface area (Å²) in [7, 11) is 0. The molecule has 2 nitrogen and oxygen atoms in total. The number of nitrogens with zero attached hydrogens (tertiary/aromatic N) is 1. The maximum Gasteiger partial charge on any atom is 0.225 e. The first-order valence-corrected chi connectivity index (χ1v) is 5.81.